The number of rotatable bonds is 7. The molecule has 0 spiro atoms. The fraction of sp³-hybridized carbons (Fsp3) is 0.316. The van der Waals surface area contributed by atoms with Gasteiger partial charge in [-0.15, -0.1) is 11.3 Å². The molecule has 150 valence electrons. The minimum atomic E-state index is -0.810. The number of carbonyl (C=O) groups is 3. The van der Waals surface area contributed by atoms with Gasteiger partial charge < -0.3 is 14.8 Å². The normalized spacial score (nSPS) is 11.5. The molecule has 0 aliphatic carbocycles. The summed E-state index contributed by atoms with van der Waals surface area (Å²) in [6, 6.07) is 7.28. The molecule has 0 saturated heterocycles. The van der Waals surface area contributed by atoms with Gasteiger partial charge in [-0.05, 0) is 29.5 Å². The lowest BCUT2D eigenvalue weighted by Crippen LogP contribution is -2.54. The summed E-state index contributed by atoms with van der Waals surface area (Å²) in [5, 5.41) is 4.47. The summed E-state index contributed by atoms with van der Waals surface area (Å²) in [4.78, 5) is 37.6. The lowest BCUT2D eigenvalue weighted by molar-refractivity contribution is -0.124. The van der Waals surface area contributed by atoms with E-state index in [-0.39, 0.29) is 17.4 Å². The van der Waals surface area contributed by atoms with Crippen molar-refractivity contribution in [2.45, 2.75) is 19.9 Å². The third-order valence-electron chi connectivity index (χ3n) is 3.89. The highest BCUT2D eigenvalue weighted by molar-refractivity contribution is 7.12. The standard InChI is InChI=1S/C19H23N3O5S/c1-11(2)16(20-18(24)15-6-5-7-28-15)19(25)22-21-17(23)12-8-13(26-3)10-14(9-12)27-4/h5-11,16H,1-4H3,(H,20,24)(H,21,23)(H,22,25)/t16-/m1/s1. The van der Waals surface area contributed by atoms with Crippen LogP contribution in [0.25, 0.3) is 0 Å². The Morgan fingerprint density at radius 2 is 1.61 bits per heavy atom. The number of benzene rings is 1. The van der Waals surface area contributed by atoms with E-state index in [0.29, 0.717) is 16.4 Å². The molecule has 3 amide bonds. The van der Waals surface area contributed by atoms with Gasteiger partial charge in [0.05, 0.1) is 19.1 Å². The Balaban J connectivity index is 2.02. The van der Waals surface area contributed by atoms with Crippen molar-refractivity contribution in [2.75, 3.05) is 14.2 Å². The Morgan fingerprint density at radius 1 is 0.964 bits per heavy atom. The molecule has 1 heterocycles. The maximum atomic E-state index is 12.5. The summed E-state index contributed by atoms with van der Waals surface area (Å²) in [6.45, 7) is 3.60. The van der Waals surface area contributed by atoms with Crippen LogP contribution >= 0.6 is 11.3 Å². The molecule has 2 aromatic rings. The largest absolute Gasteiger partial charge is 0.497 e. The highest BCUT2D eigenvalue weighted by Gasteiger charge is 2.25. The lowest BCUT2D eigenvalue weighted by Gasteiger charge is -2.21. The van der Waals surface area contributed by atoms with Crippen molar-refractivity contribution in [2.24, 2.45) is 5.92 Å². The number of hydrazine groups is 1. The summed E-state index contributed by atoms with van der Waals surface area (Å²) in [5.74, 6) is -0.704. The molecule has 1 atom stereocenters. The van der Waals surface area contributed by atoms with E-state index in [2.05, 4.69) is 16.2 Å². The van der Waals surface area contributed by atoms with Crippen LogP contribution in [-0.4, -0.2) is 38.0 Å². The number of ether oxygens (including phenoxy) is 2. The van der Waals surface area contributed by atoms with Gasteiger partial charge in [0.2, 0.25) is 0 Å². The summed E-state index contributed by atoms with van der Waals surface area (Å²) in [6.07, 6.45) is 0. The quantitative estimate of drug-likeness (QED) is 0.611. The molecule has 9 heteroatoms. The van der Waals surface area contributed by atoms with Crippen LogP contribution < -0.4 is 25.6 Å². The van der Waals surface area contributed by atoms with Crippen LogP contribution in [0.4, 0.5) is 0 Å². The molecule has 0 aliphatic rings. The number of nitrogens with one attached hydrogen (secondary N) is 3. The molecule has 1 aromatic carbocycles. The van der Waals surface area contributed by atoms with E-state index in [1.165, 1.54) is 37.7 Å². The Morgan fingerprint density at radius 3 is 2.11 bits per heavy atom. The van der Waals surface area contributed by atoms with Crippen LogP contribution in [-0.2, 0) is 4.79 Å². The van der Waals surface area contributed by atoms with Gasteiger partial charge in [-0.25, -0.2) is 0 Å². The zero-order valence-electron chi connectivity index (χ0n) is 16.1. The van der Waals surface area contributed by atoms with Gasteiger partial charge in [-0.3, -0.25) is 25.2 Å². The third-order valence-corrected chi connectivity index (χ3v) is 4.76. The number of thiophene rings is 1. The van der Waals surface area contributed by atoms with Crippen molar-refractivity contribution in [3.63, 3.8) is 0 Å². The lowest BCUT2D eigenvalue weighted by atomic mass is 10.0. The predicted molar refractivity (Wildman–Crippen MR) is 106 cm³/mol. The molecular weight excluding hydrogens is 382 g/mol. The van der Waals surface area contributed by atoms with Crippen LogP contribution in [0.3, 0.4) is 0 Å². The second-order valence-electron chi connectivity index (χ2n) is 6.22. The van der Waals surface area contributed by atoms with Gasteiger partial charge in [-0.2, -0.15) is 0 Å². The molecule has 28 heavy (non-hydrogen) atoms. The monoisotopic (exact) mass is 405 g/mol. The van der Waals surface area contributed by atoms with Crippen molar-refractivity contribution < 1.29 is 23.9 Å². The Bertz CT molecular complexity index is 814. The topological polar surface area (TPSA) is 106 Å². The second kappa shape index (κ2) is 9.75. The number of carbonyl (C=O) groups excluding carboxylic acids is 3. The molecule has 8 nitrogen and oxygen atoms in total. The number of hydrogen-bond acceptors (Lipinski definition) is 6. The van der Waals surface area contributed by atoms with E-state index in [0.717, 1.165) is 0 Å². The predicted octanol–water partition coefficient (Wildman–Crippen LogP) is 1.98. The average Bonchev–Trinajstić information content (AvgIpc) is 3.23. The minimum Gasteiger partial charge on any atom is -0.497 e. The van der Waals surface area contributed by atoms with E-state index < -0.39 is 17.9 Å². The molecule has 0 unspecified atom stereocenters. The summed E-state index contributed by atoms with van der Waals surface area (Å²) in [7, 11) is 2.95. The fourth-order valence-electron chi connectivity index (χ4n) is 2.36. The van der Waals surface area contributed by atoms with E-state index in [9.17, 15) is 14.4 Å². The Labute approximate surface area is 167 Å². The maximum absolute atomic E-state index is 12.5. The van der Waals surface area contributed by atoms with Crippen LogP contribution in [0.15, 0.2) is 35.7 Å². The van der Waals surface area contributed by atoms with Crippen LogP contribution in [0.2, 0.25) is 0 Å². The van der Waals surface area contributed by atoms with Crippen LogP contribution in [0, 0.1) is 5.92 Å². The summed E-state index contributed by atoms with van der Waals surface area (Å²) < 4.78 is 10.3. The summed E-state index contributed by atoms with van der Waals surface area (Å²) in [5.41, 5.74) is 4.95. The highest BCUT2D eigenvalue weighted by atomic mass is 32.1. The number of hydrogen-bond donors (Lipinski definition) is 3. The molecule has 0 saturated carbocycles. The number of methoxy groups -OCH3 is 2. The summed E-state index contributed by atoms with van der Waals surface area (Å²) >= 11 is 1.28. The fourth-order valence-corrected chi connectivity index (χ4v) is 2.99. The molecule has 1 aromatic heterocycles. The molecule has 3 N–H and O–H groups in total. The first kappa shape index (κ1) is 21.2. The molecule has 0 bridgehead atoms. The van der Waals surface area contributed by atoms with E-state index in [1.807, 2.05) is 0 Å². The first-order valence-corrected chi connectivity index (χ1v) is 9.41. The molecule has 0 radical (unpaired) electrons. The SMILES string of the molecule is COc1cc(OC)cc(C(=O)NNC(=O)[C@H](NC(=O)c2cccs2)C(C)C)c1. The molecule has 0 fully saturated rings. The Hall–Kier alpha value is -3.07. The smallest absolute Gasteiger partial charge is 0.269 e. The van der Waals surface area contributed by atoms with Gasteiger partial charge in [-0.1, -0.05) is 19.9 Å². The minimum absolute atomic E-state index is 0.183. The highest BCUT2D eigenvalue weighted by Crippen LogP contribution is 2.22. The van der Waals surface area contributed by atoms with Crippen molar-refractivity contribution in [3.05, 3.63) is 46.2 Å². The van der Waals surface area contributed by atoms with Gasteiger partial charge in [0, 0.05) is 11.6 Å². The van der Waals surface area contributed by atoms with E-state index in [4.69, 9.17) is 9.47 Å². The zero-order valence-corrected chi connectivity index (χ0v) is 16.9. The first-order chi connectivity index (χ1) is 13.3. The van der Waals surface area contributed by atoms with Crippen molar-refractivity contribution in [3.8, 4) is 11.5 Å². The van der Waals surface area contributed by atoms with Crippen molar-refractivity contribution in [1.82, 2.24) is 16.2 Å². The maximum Gasteiger partial charge on any atom is 0.269 e. The molecule has 2 rings (SSSR count). The van der Waals surface area contributed by atoms with Crippen LogP contribution in [0.5, 0.6) is 11.5 Å². The van der Waals surface area contributed by atoms with Gasteiger partial charge >= 0.3 is 0 Å². The molecular formula is C19H23N3O5S. The van der Waals surface area contributed by atoms with E-state index >= 15 is 0 Å². The van der Waals surface area contributed by atoms with Crippen molar-refractivity contribution in [1.29, 1.82) is 0 Å². The molecule has 0 aliphatic heterocycles. The average molecular weight is 405 g/mol. The first-order valence-electron chi connectivity index (χ1n) is 8.53. The van der Waals surface area contributed by atoms with Crippen molar-refractivity contribution >= 4 is 29.1 Å². The third kappa shape index (κ3) is 5.46. The zero-order chi connectivity index (χ0) is 20.7. The van der Waals surface area contributed by atoms with Gasteiger partial charge in [0.1, 0.15) is 17.5 Å². The van der Waals surface area contributed by atoms with Gasteiger partial charge in [0.15, 0.2) is 0 Å². The second-order valence-corrected chi connectivity index (χ2v) is 7.16. The van der Waals surface area contributed by atoms with Crippen LogP contribution in [0.1, 0.15) is 33.9 Å². The number of amides is 3. The van der Waals surface area contributed by atoms with Gasteiger partial charge in [0.25, 0.3) is 17.7 Å². The Kier molecular flexibility index (Phi) is 7.39. The van der Waals surface area contributed by atoms with E-state index in [1.54, 1.807) is 37.4 Å².